The van der Waals surface area contributed by atoms with Gasteiger partial charge in [-0.15, -0.1) is 0 Å². The number of carbonyl (C=O) groups excluding carboxylic acids is 2. The van der Waals surface area contributed by atoms with Crippen LogP contribution in [-0.2, 0) is 16.0 Å². The van der Waals surface area contributed by atoms with E-state index in [9.17, 15) is 9.59 Å². The smallest absolute Gasteiger partial charge is 0.338 e. The van der Waals surface area contributed by atoms with E-state index in [0.717, 1.165) is 17.7 Å². The third-order valence-electron chi connectivity index (χ3n) is 2.94. The number of esters is 1. The molecule has 0 radical (unpaired) electrons. The lowest BCUT2D eigenvalue weighted by atomic mass is 9.99. The van der Waals surface area contributed by atoms with Gasteiger partial charge in [0, 0.05) is 19.2 Å². The molecule has 0 bridgehead atoms. The van der Waals surface area contributed by atoms with Gasteiger partial charge in [-0.3, -0.25) is 4.79 Å². The Balaban J connectivity index is 2.35. The second-order valence-corrected chi connectivity index (χ2v) is 4.02. The fraction of sp³-hybridized carbons (Fsp3) is 0.385. The molecule has 0 atom stereocenters. The molecule has 90 valence electrons. The first-order valence-electron chi connectivity index (χ1n) is 5.70. The predicted molar refractivity (Wildman–Crippen MR) is 64.1 cm³/mol. The summed E-state index contributed by atoms with van der Waals surface area (Å²) >= 11 is 0. The average Bonchev–Trinajstić information content (AvgIpc) is 2.34. The number of benzene rings is 1. The molecule has 1 aromatic carbocycles. The number of hydrogen-bond acceptors (Lipinski definition) is 3. The molecule has 0 N–H and O–H groups in total. The Hall–Kier alpha value is -1.84. The minimum atomic E-state index is -0.346. The summed E-state index contributed by atoms with van der Waals surface area (Å²) in [4.78, 5) is 24.8. The Bertz CT molecular complexity index is 468. The van der Waals surface area contributed by atoms with Crippen LogP contribution in [0.15, 0.2) is 18.2 Å². The summed E-state index contributed by atoms with van der Waals surface area (Å²) in [5.74, 6) is -0.264. The normalized spacial score (nSPS) is 14.5. The molecule has 1 amide bonds. The molecule has 4 heteroatoms. The maximum absolute atomic E-state index is 11.6. The zero-order valence-corrected chi connectivity index (χ0v) is 10.0. The van der Waals surface area contributed by atoms with Crippen molar-refractivity contribution in [2.45, 2.75) is 19.8 Å². The molecule has 1 aromatic rings. The van der Waals surface area contributed by atoms with Crippen LogP contribution in [0.3, 0.4) is 0 Å². The molecule has 0 aromatic heterocycles. The molecular formula is C13H15NO3. The number of aryl methyl sites for hydroxylation is 1. The van der Waals surface area contributed by atoms with Gasteiger partial charge in [0.15, 0.2) is 0 Å². The van der Waals surface area contributed by atoms with Crippen LogP contribution in [0.2, 0.25) is 0 Å². The number of rotatable bonds is 2. The maximum atomic E-state index is 11.6. The summed E-state index contributed by atoms with van der Waals surface area (Å²) in [6.45, 7) is 2.12. The van der Waals surface area contributed by atoms with Gasteiger partial charge in [0.25, 0.3) is 0 Å². The number of carbonyl (C=O) groups is 2. The standard InChI is InChI=1S/C13H15NO3/c1-3-17-13(16)10-5-4-9-6-7-12(15)14(2)11(9)8-10/h4-5,8H,3,6-7H2,1-2H3. The highest BCUT2D eigenvalue weighted by Crippen LogP contribution is 2.27. The fourth-order valence-corrected chi connectivity index (χ4v) is 1.97. The van der Waals surface area contributed by atoms with E-state index in [2.05, 4.69) is 0 Å². The second kappa shape index (κ2) is 4.57. The van der Waals surface area contributed by atoms with Gasteiger partial charge in [0.1, 0.15) is 0 Å². The van der Waals surface area contributed by atoms with Gasteiger partial charge < -0.3 is 9.64 Å². The average molecular weight is 233 g/mol. The molecule has 1 aliphatic heterocycles. The van der Waals surface area contributed by atoms with Gasteiger partial charge in [-0.1, -0.05) is 6.07 Å². The Morgan fingerprint density at radius 3 is 2.88 bits per heavy atom. The molecular weight excluding hydrogens is 218 g/mol. The molecule has 0 aliphatic carbocycles. The number of ether oxygens (including phenoxy) is 1. The molecule has 0 unspecified atom stereocenters. The topological polar surface area (TPSA) is 46.6 Å². The van der Waals surface area contributed by atoms with Gasteiger partial charge in [0.05, 0.1) is 12.2 Å². The molecule has 4 nitrogen and oxygen atoms in total. The molecule has 2 rings (SSSR count). The van der Waals surface area contributed by atoms with Crippen molar-refractivity contribution in [2.75, 3.05) is 18.6 Å². The minimum absolute atomic E-state index is 0.0820. The largest absolute Gasteiger partial charge is 0.462 e. The summed E-state index contributed by atoms with van der Waals surface area (Å²) in [6.07, 6.45) is 1.27. The monoisotopic (exact) mass is 233 g/mol. The maximum Gasteiger partial charge on any atom is 0.338 e. The van der Waals surface area contributed by atoms with Crippen LogP contribution in [-0.4, -0.2) is 25.5 Å². The summed E-state index contributed by atoms with van der Waals surface area (Å²) in [6, 6.07) is 5.37. The highest BCUT2D eigenvalue weighted by atomic mass is 16.5. The minimum Gasteiger partial charge on any atom is -0.462 e. The van der Waals surface area contributed by atoms with Crippen LogP contribution in [0.4, 0.5) is 5.69 Å². The molecule has 0 spiro atoms. The van der Waals surface area contributed by atoms with Crippen LogP contribution in [0, 0.1) is 0 Å². The molecule has 1 heterocycles. The van der Waals surface area contributed by atoms with E-state index in [4.69, 9.17) is 4.74 Å². The SMILES string of the molecule is CCOC(=O)c1ccc2c(c1)N(C)C(=O)CC2. The summed E-state index contributed by atoms with van der Waals surface area (Å²) < 4.78 is 4.94. The van der Waals surface area contributed by atoms with Crippen molar-refractivity contribution in [2.24, 2.45) is 0 Å². The Morgan fingerprint density at radius 2 is 2.18 bits per heavy atom. The van der Waals surface area contributed by atoms with E-state index in [1.165, 1.54) is 0 Å². The summed E-state index contributed by atoms with van der Waals surface area (Å²) in [5, 5.41) is 0. The van der Waals surface area contributed by atoms with Crippen LogP contribution >= 0.6 is 0 Å². The van der Waals surface area contributed by atoms with E-state index in [1.54, 1.807) is 31.0 Å². The van der Waals surface area contributed by atoms with Gasteiger partial charge >= 0.3 is 5.97 Å². The third kappa shape index (κ3) is 2.16. The van der Waals surface area contributed by atoms with Gasteiger partial charge in [-0.25, -0.2) is 4.79 Å². The van der Waals surface area contributed by atoms with Crippen LogP contribution in [0.5, 0.6) is 0 Å². The second-order valence-electron chi connectivity index (χ2n) is 4.02. The van der Waals surface area contributed by atoms with Crippen molar-refractivity contribution < 1.29 is 14.3 Å². The van der Waals surface area contributed by atoms with E-state index < -0.39 is 0 Å². The van der Waals surface area contributed by atoms with Crippen molar-refractivity contribution in [3.63, 3.8) is 0 Å². The lowest BCUT2D eigenvalue weighted by Crippen LogP contribution is -2.31. The van der Waals surface area contributed by atoms with E-state index in [-0.39, 0.29) is 11.9 Å². The van der Waals surface area contributed by atoms with Gasteiger partial charge in [-0.05, 0) is 31.0 Å². The third-order valence-corrected chi connectivity index (χ3v) is 2.94. The number of amides is 1. The molecule has 0 fully saturated rings. The highest BCUT2D eigenvalue weighted by molar-refractivity contribution is 5.98. The number of nitrogens with zero attached hydrogens (tertiary/aromatic N) is 1. The van der Waals surface area contributed by atoms with Gasteiger partial charge in [0.2, 0.25) is 5.91 Å². The number of hydrogen-bond donors (Lipinski definition) is 0. The van der Waals surface area contributed by atoms with Crippen LogP contribution < -0.4 is 4.90 Å². The van der Waals surface area contributed by atoms with Crippen molar-refractivity contribution in [3.05, 3.63) is 29.3 Å². The van der Waals surface area contributed by atoms with Crippen LogP contribution in [0.25, 0.3) is 0 Å². The first kappa shape index (κ1) is 11.6. The van der Waals surface area contributed by atoms with Crippen molar-refractivity contribution in [1.29, 1.82) is 0 Å². The molecule has 0 saturated carbocycles. The zero-order chi connectivity index (χ0) is 12.4. The highest BCUT2D eigenvalue weighted by Gasteiger charge is 2.22. The van der Waals surface area contributed by atoms with Crippen molar-refractivity contribution in [1.82, 2.24) is 0 Å². The molecule has 17 heavy (non-hydrogen) atoms. The summed E-state index contributed by atoms with van der Waals surface area (Å²) in [7, 11) is 1.73. The lowest BCUT2D eigenvalue weighted by Gasteiger charge is -2.26. The first-order valence-corrected chi connectivity index (χ1v) is 5.70. The summed E-state index contributed by atoms with van der Waals surface area (Å²) in [5.41, 5.74) is 2.40. The Labute approximate surface area is 100 Å². The van der Waals surface area contributed by atoms with Crippen molar-refractivity contribution >= 4 is 17.6 Å². The first-order chi connectivity index (χ1) is 8.13. The van der Waals surface area contributed by atoms with E-state index in [0.29, 0.717) is 18.6 Å². The predicted octanol–water partition coefficient (Wildman–Crippen LogP) is 1.77. The van der Waals surface area contributed by atoms with Crippen LogP contribution in [0.1, 0.15) is 29.3 Å². The van der Waals surface area contributed by atoms with E-state index >= 15 is 0 Å². The van der Waals surface area contributed by atoms with Gasteiger partial charge in [-0.2, -0.15) is 0 Å². The fourth-order valence-electron chi connectivity index (χ4n) is 1.97. The number of anilines is 1. The van der Waals surface area contributed by atoms with Crippen molar-refractivity contribution in [3.8, 4) is 0 Å². The molecule has 0 saturated heterocycles. The quantitative estimate of drug-likeness (QED) is 0.731. The Kier molecular flexibility index (Phi) is 3.13. The lowest BCUT2D eigenvalue weighted by molar-refractivity contribution is -0.118. The Morgan fingerprint density at radius 1 is 1.41 bits per heavy atom. The zero-order valence-electron chi connectivity index (χ0n) is 10.0. The number of fused-ring (bicyclic) bond motifs is 1. The van der Waals surface area contributed by atoms with E-state index in [1.807, 2.05) is 6.07 Å². The molecule has 1 aliphatic rings.